The van der Waals surface area contributed by atoms with Gasteiger partial charge >= 0.3 is 0 Å². The topological polar surface area (TPSA) is 26.9 Å². The molecule has 2 aromatic heterocycles. The number of pyridine rings is 1. The van der Waals surface area contributed by atoms with Crippen LogP contribution >= 0.6 is 0 Å². The van der Waals surface area contributed by atoms with Gasteiger partial charge in [0.2, 0.25) is 0 Å². The van der Waals surface area contributed by atoms with Crippen molar-refractivity contribution in [2.75, 3.05) is 0 Å². The maximum atomic E-state index is 14.1. The highest BCUT2D eigenvalue weighted by Crippen LogP contribution is 2.32. The summed E-state index contributed by atoms with van der Waals surface area (Å²) in [5, 5.41) is 7.66. The quantitative estimate of drug-likeness (QED) is 0.142. The molecule has 8 aromatic rings. The standard InChI is InChI=1S/C38H28N2OSi/c1-39-34-21-11-10-20-32(34)38(41)33-26-29(24-25-35(33)39)42(27-14-4-2-5-15-27,28-16-6-3-7-17-28)40-36-22-12-8-18-30(36)31-19-9-13-23-37(31)40/h2-26H,1H3. The van der Waals surface area contributed by atoms with E-state index in [-0.39, 0.29) is 5.43 Å². The van der Waals surface area contributed by atoms with Crippen molar-refractivity contribution in [3.8, 4) is 0 Å². The number of benzene rings is 6. The van der Waals surface area contributed by atoms with Gasteiger partial charge in [-0.15, -0.1) is 0 Å². The van der Waals surface area contributed by atoms with Crippen molar-refractivity contribution in [2.45, 2.75) is 0 Å². The smallest absolute Gasteiger partial charge is 0.257 e. The molecule has 8 rings (SSSR count). The summed E-state index contributed by atoms with van der Waals surface area (Å²) < 4.78 is 4.76. The van der Waals surface area contributed by atoms with Crippen LogP contribution in [0.3, 0.4) is 0 Å². The molecular formula is C38H28N2OSi. The summed E-state index contributed by atoms with van der Waals surface area (Å²) in [4.78, 5) is 14.1. The van der Waals surface area contributed by atoms with Crippen LogP contribution in [0.4, 0.5) is 0 Å². The average Bonchev–Trinajstić information content (AvgIpc) is 3.40. The second kappa shape index (κ2) is 9.44. The van der Waals surface area contributed by atoms with Crippen LogP contribution in [0.5, 0.6) is 0 Å². The van der Waals surface area contributed by atoms with E-state index in [2.05, 4.69) is 143 Å². The minimum Gasteiger partial charge on any atom is -0.355 e. The number of rotatable bonds is 4. The molecule has 0 unspecified atom stereocenters. The van der Waals surface area contributed by atoms with Gasteiger partial charge in [-0.05, 0) is 52.0 Å². The Balaban J connectivity index is 1.61. The predicted octanol–water partition coefficient (Wildman–Crippen LogP) is 6.31. The maximum Gasteiger partial charge on any atom is 0.257 e. The third-order valence-electron chi connectivity index (χ3n) is 8.83. The normalized spacial score (nSPS) is 12.0. The minimum atomic E-state index is -3.03. The highest BCUT2D eigenvalue weighted by molar-refractivity contribution is 7.11. The molecule has 0 aliphatic carbocycles. The molecule has 200 valence electrons. The molecule has 0 saturated heterocycles. The van der Waals surface area contributed by atoms with E-state index in [1.54, 1.807) is 0 Å². The molecule has 0 atom stereocenters. The number of fused-ring (bicyclic) bond motifs is 5. The lowest BCUT2D eigenvalue weighted by molar-refractivity contribution is 1.00. The summed E-state index contributed by atoms with van der Waals surface area (Å²) in [5.74, 6) is 0. The maximum absolute atomic E-state index is 14.1. The van der Waals surface area contributed by atoms with Gasteiger partial charge in [0.25, 0.3) is 8.24 Å². The highest BCUT2D eigenvalue weighted by Gasteiger charge is 2.44. The first-order valence-electron chi connectivity index (χ1n) is 14.3. The molecule has 3 nitrogen and oxygen atoms in total. The summed E-state index contributed by atoms with van der Waals surface area (Å²) in [5.41, 5.74) is 4.36. The van der Waals surface area contributed by atoms with Crippen LogP contribution in [0.15, 0.2) is 156 Å². The number of hydrogen-bond acceptors (Lipinski definition) is 1. The summed E-state index contributed by atoms with van der Waals surface area (Å²) in [6.07, 6.45) is 0. The second-order valence-electron chi connectivity index (χ2n) is 10.9. The Morgan fingerprint density at radius 1 is 0.429 bits per heavy atom. The zero-order valence-electron chi connectivity index (χ0n) is 23.2. The van der Waals surface area contributed by atoms with Crippen molar-refractivity contribution in [3.63, 3.8) is 0 Å². The first kappa shape index (κ1) is 24.6. The Hall–Kier alpha value is -5.19. The van der Waals surface area contributed by atoms with E-state index in [0.717, 1.165) is 21.8 Å². The number of aryl methyl sites for hydroxylation is 1. The van der Waals surface area contributed by atoms with Crippen molar-refractivity contribution in [3.05, 3.63) is 162 Å². The zero-order chi connectivity index (χ0) is 28.3. The molecule has 42 heavy (non-hydrogen) atoms. The third-order valence-corrected chi connectivity index (χ3v) is 13.5. The molecule has 2 heterocycles. The monoisotopic (exact) mass is 556 g/mol. The second-order valence-corrected chi connectivity index (χ2v) is 14.5. The first-order chi connectivity index (χ1) is 20.7. The Labute approximate surface area is 244 Å². The number of aromatic nitrogens is 2. The predicted molar refractivity (Wildman–Crippen MR) is 179 cm³/mol. The van der Waals surface area contributed by atoms with Gasteiger partial charge in [0.05, 0.1) is 11.0 Å². The SMILES string of the molecule is Cn1c2ccccc2c(=O)c2cc([Si](c3ccccc3)(c3ccccc3)n3c4ccccc4c4ccccc43)ccc21. The first-order valence-corrected chi connectivity index (χ1v) is 16.3. The Morgan fingerprint density at radius 3 is 1.45 bits per heavy atom. The summed E-state index contributed by atoms with van der Waals surface area (Å²) in [6.45, 7) is 0. The molecule has 0 aliphatic heterocycles. The number of hydrogen-bond donors (Lipinski definition) is 0. The van der Waals surface area contributed by atoms with E-state index in [4.69, 9.17) is 0 Å². The lowest BCUT2D eigenvalue weighted by Gasteiger charge is -2.36. The molecule has 0 N–H and O–H groups in total. The lowest BCUT2D eigenvalue weighted by Crippen LogP contribution is -2.72. The lowest BCUT2D eigenvalue weighted by atomic mass is 10.1. The molecule has 0 radical (unpaired) electrons. The molecular weight excluding hydrogens is 529 g/mol. The molecule has 0 bridgehead atoms. The number of nitrogens with zero attached hydrogens (tertiary/aromatic N) is 2. The molecule has 6 aromatic carbocycles. The fourth-order valence-corrected chi connectivity index (χ4v) is 11.9. The summed E-state index contributed by atoms with van der Waals surface area (Å²) in [6, 6.07) is 53.8. The molecule has 0 spiro atoms. The van der Waals surface area contributed by atoms with Crippen LogP contribution < -0.4 is 21.0 Å². The highest BCUT2D eigenvalue weighted by atomic mass is 28.3. The van der Waals surface area contributed by atoms with Gasteiger partial charge in [-0.2, -0.15) is 0 Å². The van der Waals surface area contributed by atoms with Crippen LogP contribution in [0.25, 0.3) is 43.6 Å². The molecule has 0 amide bonds. The van der Waals surface area contributed by atoms with Crippen molar-refractivity contribution in [2.24, 2.45) is 7.05 Å². The van der Waals surface area contributed by atoms with Gasteiger partial charge in [0.15, 0.2) is 5.43 Å². The number of para-hydroxylation sites is 3. The molecule has 0 fully saturated rings. The van der Waals surface area contributed by atoms with Crippen molar-refractivity contribution in [1.29, 1.82) is 0 Å². The van der Waals surface area contributed by atoms with Crippen LogP contribution in [0.2, 0.25) is 0 Å². The zero-order valence-corrected chi connectivity index (χ0v) is 24.2. The van der Waals surface area contributed by atoms with Crippen LogP contribution in [0.1, 0.15) is 0 Å². The average molecular weight is 557 g/mol. The van der Waals surface area contributed by atoms with Gasteiger partial charge < -0.3 is 8.80 Å². The Bertz CT molecular complexity index is 2240. The van der Waals surface area contributed by atoms with E-state index >= 15 is 0 Å². The van der Waals surface area contributed by atoms with Gasteiger partial charge in [0.1, 0.15) is 0 Å². The van der Waals surface area contributed by atoms with E-state index < -0.39 is 8.24 Å². The van der Waals surface area contributed by atoms with Gasteiger partial charge in [-0.3, -0.25) is 4.79 Å². The fourth-order valence-electron chi connectivity index (χ4n) is 7.00. The van der Waals surface area contributed by atoms with Gasteiger partial charge in [0, 0.05) is 39.6 Å². The summed E-state index contributed by atoms with van der Waals surface area (Å²) >= 11 is 0. The summed E-state index contributed by atoms with van der Waals surface area (Å²) in [7, 11) is -0.982. The van der Waals surface area contributed by atoms with Crippen LogP contribution in [-0.4, -0.2) is 17.0 Å². The van der Waals surface area contributed by atoms with Crippen LogP contribution in [0, 0.1) is 0 Å². The van der Waals surface area contributed by atoms with Crippen molar-refractivity contribution >= 4 is 67.4 Å². The van der Waals surface area contributed by atoms with E-state index in [1.165, 1.54) is 37.4 Å². The van der Waals surface area contributed by atoms with E-state index in [0.29, 0.717) is 0 Å². The molecule has 4 heteroatoms. The van der Waals surface area contributed by atoms with E-state index in [1.807, 2.05) is 24.3 Å². The Morgan fingerprint density at radius 2 is 0.881 bits per heavy atom. The van der Waals surface area contributed by atoms with Gasteiger partial charge in [-0.25, -0.2) is 0 Å². The third kappa shape index (κ3) is 3.36. The Kier molecular flexibility index (Phi) is 5.52. The fraction of sp³-hybridized carbons (Fsp3) is 0.0263. The van der Waals surface area contributed by atoms with E-state index in [9.17, 15) is 4.79 Å². The minimum absolute atomic E-state index is 0.0757. The van der Waals surface area contributed by atoms with Crippen LogP contribution in [-0.2, 0) is 7.05 Å². The largest absolute Gasteiger partial charge is 0.355 e. The molecule has 0 aliphatic rings. The van der Waals surface area contributed by atoms with Gasteiger partial charge in [-0.1, -0.05) is 115 Å². The van der Waals surface area contributed by atoms with Crippen molar-refractivity contribution < 1.29 is 0 Å². The van der Waals surface area contributed by atoms with Crippen molar-refractivity contribution in [1.82, 2.24) is 8.80 Å². The molecule has 0 saturated carbocycles.